The highest BCUT2D eigenvalue weighted by atomic mass is 15.3. The highest BCUT2D eigenvalue weighted by Gasteiger charge is 2.18. The van der Waals surface area contributed by atoms with Crippen LogP contribution in [0.25, 0.3) is 17.3 Å². The second-order valence-electron chi connectivity index (χ2n) is 4.30. The van der Waals surface area contributed by atoms with Crippen molar-refractivity contribution in [1.29, 1.82) is 0 Å². The highest BCUT2D eigenvalue weighted by molar-refractivity contribution is 5.71. The molecule has 0 saturated heterocycles. The van der Waals surface area contributed by atoms with Crippen LogP contribution in [0.2, 0.25) is 0 Å². The highest BCUT2D eigenvalue weighted by Crippen LogP contribution is 2.32. The zero-order valence-corrected chi connectivity index (χ0v) is 9.40. The molecule has 1 heterocycles. The Bertz CT molecular complexity index is 564. The first-order valence-electron chi connectivity index (χ1n) is 5.56. The van der Waals surface area contributed by atoms with E-state index in [-0.39, 0.29) is 0 Å². The van der Waals surface area contributed by atoms with Crippen LogP contribution in [0.3, 0.4) is 0 Å². The van der Waals surface area contributed by atoms with Crippen molar-refractivity contribution in [2.24, 2.45) is 7.05 Å². The van der Waals surface area contributed by atoms with Crippen LogP contribution in [-0.4, -0.2) is 9.78 Å². The van der Waals surface area contributed by atoms with E-state index in [1.54, 1.807) is 0 Å². The van der Waals surface area contributed by atoms with Crippen LogP contribution in [0.4, 0.5) is 0 Å². The van der Waals surface area contributed by atoms with Crippen LogP contribution in [0.1, 0.15) is 16.7 Å². The van der Waals surface area contributed by atoms with E-state index in [1.165, 1.54) is 22.3 Å². The van der Waals surface area contributed by atoms with Crippen molar-refractivity contribution in [2.45, 2.75) is 12.8 Å². The Hall–Kier alpha value is -1.83. The van der Waals surface area contributed by atoms with Crippen molar-refractivity contribution in [3.05, 3.63) is 47.7 Å². The topological polar surface area (TPSA) is 17.8 Å². The Kier molecular flexibility index (Phi) is 1.96. The molecule has 0 amide bonds. The van der Waals surface area contributed by atoms with Crippen molar-refractivity contribution in [1.82, 2.24) is 9.78 Å². The van der Waals surface area contributed by atoms with Gasteiger partial charge in [-0.05, 0) is 29.5 Å². The monoisotopic (exact) mass is 210 g/mol. The van der Waals surface area contributed by atoms with E-state index < -0.39 is 0 Å². The molecule has 2 nitrogen and oxygen atoms in total. The Morgan fingerprint density at radius 1 is 1.31 bits per heavy atom. The number of nitrogens with zero attached hydrogens (tertiary/aromatic N) is 2. The number of rotatable bonds is 1. The molecule has 1 aromatic carbocycles. The van der Waals surface area contributed by atoms with Crippen molar-refractivity contribution in [3.63, 3.8) is 0 Å². The number of fused-ring (bicyclic) bond motifs is 3. The molecule has 0 unspecified atom stereocenters. The summed E-state index contributed by atoms with van der Waals surface area (Å²) < 4.78 is 1.90. The molecule has 2 aromatic rings. The number of aromatic nitrogens is 2. The molecule has 3 rings (SSSR count). The number of aryl methyl sites for hydroxylation is 3. The molecule has 0 N–H and O–H groups in total. The summed E-state index contributed by atoms with van der Waals surface area (Å²) in [5.74, 6) is 0. The van der Waals surface area contributed by atoms with Crippen LogP contribution in [-0.2, 0) is 19.9 Å². The maximum atomic E-state index is 4.54. The molecule has 0 aliphatic heterocycles. The van der Waals surface area contributed by atoms with Gasteiger partial charge in [0.15, 0.2) is 0 Å². The van der Waals surface area contributed by atoms with Crippen LogP contribution < -0.4 is 0 Å². The van der Waals surface area contributed by atoms with E-state index >= 15 is 0 Å². The smallest absolute Gasteiger partial charge is 0.0957 e. The van der Waals surface area contributed by atoms with Gasteiger partial charge in [0.1, 0.15) is 0 Å². The van der Waals surface area contributed by atoms with Crippen LogP contribution in [0.15, 0.2) is 31.0 Å². The summed E-state index contributed by atoms with van der Waals surface area (Å²) in [6.45, 7) is 3.81. The molecular weight excluding hydrogens is 196 g/mol. The average Bonchev–Trinajstić information content (AvgIpc) is 2.69. The van der Waals surface area contributed by atoms with Crippen molar-refractivity contribution in [2.75, 3.05) is 0 Å². The molecular formula is C14H14N2. The molecule has 1 aliphatic carbocycles. The van der Waals surface area contributed by atoms with Gasteiger partial charge in [-0.25, -0.2) is 0 Å². The SMILES string of the molecule is C=Cc1ccc2c(c1)CCc1cn(C)nc1-2. The summed E-state index contributed by atoms with van der Waals surface area (Å²) in [5, 5.41) is 4.54. The maximum absolute atomic E-state index is 4.54. The molecule has 0 atom stereocenters. The normalized spacial score (nSPS) is 13.1. The third-order valence-electron chi connectivity index (χ3n) is 3.19. The van der Waals surface area contributed by atoms with Crippen LogP contribution >= 0.6 is 0 Å². The predicted molar refractivity (Wildman–Crippen MR) is 66.1 cm³/mol. The van der Waals surface area contributed by atoms with Crippen molar-refractivity contribution in [3.8, 4) is 11.3 Å². The second-order valence-corrected chi connectivity index (χ2v) is 4.30. The summed E-state index contributed by atoms with van der Waals surface area (Å²) in [7, 11) is 1.98. The molecule has 0 fully saturated rings. The molecule has 16 heavy (non-hydrogen) atoms. The average molecular weight is 210 g/mol. The lowest BCUT2D eigenvalue weighted by molar-refractivity contribution is 0.770. The van der Waals surface area contributed by atoms with E-state index in [0.29, 0.717) is 0 Å². The lowest BCUT2D eigenvalue weighted by atomic mass is 9.89. The minimum absolute atomic E-state index is 1.09. The zero-order chi connectivity index (χ0) is 11.1. The van der Waals surface area contributed by atoms with Crippen molar-refractivity contribution < 1.29 is 0 Å². The van der Waals surface area contributed by atoms with E-state index in [2.05, 4.69) is 36.1 Å². The lowest BCUT2D eigenvalue weighted by Gasteiger charge is -2.15. The standard InChI is InChI=1S/C14H14N2/c1-3-10-4-7-13-11(8-10)5-6-12-9-16(2)15-14(12)13/h3-4,7-9H,1,5-6H2,2H3. The number of benzene rings is 1. The zero-order valence-electron chi connectivity index (χ0n) is 9.40. The summed E-state index contributed by atoms with van der Waals surface area (Å²) >= 11 is 0. The van der Waals surface area contributed by atoms with E-state index in [9.17, 15) is 0 Å². The van der Waals surface area contributed by atoms with E-state index in [0.717, 1.165) is 18.5 Å². The molecule has 1 aliphatic rings. The van der Waals surface area contributed by atoms with E-state index in [1.807, 2.05) is 17.8 Å². The van der Waals surface area contributed by atoms with Gasteiger partial charge in [-0.1, -0.05) is 30.9 Å². The van der Waals surface area contributed by atoms with Crippen LogP contribution in [0.5, 0.6) is 0 Å². The lowest BCUT2D eigenvalue weighted by Crippen LogP contribution is -2.02. The maximum Gasteiger partial charge on any atom is 0.0957 e. The molecule has 80 valence electrons. The fraction of sp³-hybridized carbons (Fsp3) is 0.214. The Balaban J connectivity index is 2.21. The first kappa shape index (κ1) is 9.40. The summed E-state index contributed by atoms with van der Waals surface area (Å²) in [6, 6.07) is 6.49. The van der Waals surface area contributed by atoms with Gasteiger partial charge in [0.05, 0.1) is 5.69 Å². The van der Waals surface area contributed by atoms with Gasteiger partial charge in [0.2, 0.25) is 0 Å². The van der Waals surface area contributed by atoms with Gasteiger partial charge in [0, 0.05) is 18.8 Å². The second kappa shape index (κ2) is 3.34. The number of hydrogen-bond acceptors (Lipinski definition) is 1. The minimum atomic E-state index is 1.09. The first-order valence-corrected chi connectivity index (χ1v) is 5.56. The molecule has 0 saturated carbocycles. The van der Waals surface area contributed by atoms with Gasteiger partial charge >= 0.3 is 0 Å². The van der Waals surface area contributed by atoms with Gasteiger partial charge in [0.25, 0.3) is 0 Å². The largest absolute Gasteiger partial charge is 0.275 e. The molecule has 0 bridgehead atoms. The third-order valence-corrected chi connectivity index (χ3v) is 3.19. The van der Waals surface area contributed by atoms with E-state index in [4.69, 9.17) is 0 Å². The molecule has 2 heteroatoms. The third kappa shape index (κ3) is 1.30. The van der Waals surface area contributed by atoms with Gasteiger partial charge in [-0.2, -0.15) is 5.10 Å². The quantitative estimate of drug-likeness (QED) is 0.707. The summed E-state index contributed by atoms with van der Waals surface area (Å²) in [5.41, 5.74) is 6.38. The van der Waals surface area contributed by atoms with Gasteiger partial charge in [-0.3, -0.25) is 4.68 Å². The van der Waals surface area contributed by atoms with Gasteiger partial charge < -0.3 is 0 Å². The summed E-state index contributed by atoms with van der Waals surface area (Å²) in [4.78, 5) is 0. The molecule has 1 aromatic heterocycles. The van der Waals surface area contributed by atoms with Crippen molar-refractivity contribution >= 4 is 6.08 Å². The summed E-state index contributed by atoms with van der Waals surface area (Å²) in [6.07, 6.45) is 6.22. The Morgan fingerprint density at radius 3 is 2.94 bits per heavy atom. The fourth-order valence-corrected chi connectivity index (χ4v) is 2.40. The predicted octanol–water partition coefficient (Wildman–Crippen LogP) is 2.83. The Labute approximate surface area is 95.2 Å². The molecule has 0 spiro atoms. The van der Waals surface area contributed by atoms with Crippen LogP contribution in [0, 0.1) is 0 Å². The minimum Gasteiger partial charge on any atom is -0.275 e. The fourth-order valence-electron chi connectivity index (χ4n) is 2.40. The number of hydrogen-bond donors (Lipinski definition) is 0. The first-order chi connectivity index (χ1) is 7.78. The molecule has 0 radical (unpaired) electrons. The van der Waals surface area contributed by atoms with Gasteiger partial charge in [-0.15, -0.1) is 0 Å². The Morgan fingerprint density at radius 2 is 2.12 bits per heavy atom.